The third-order valence-electron chi connectivity index (χ3n) is 3.16. The van der Waals surface area contributed by atoms with Crippen LogP contribution in [0.15, 0.2) is 0 Å². The van der Waals surface area contributed by atoms with E-state index in [2.05, 4.69) is 28.9 Å². The quantitative estimate of drug-likeness (QED) is 0.717. The van der Waals surface area contributed by atoms with Gasteiger partial charge in [-0.1, -0.05) is 0 Å². The summed E-state index contributed by atoms with van der Waals surface area (Å²) in [7, 11) is 0. The van der Waals surface area contributed by atoms with Crippen LogP contribution in [0.4, 0.5) is 0 Å². The van der Waals surface area contributed by atoms with Gasteiger partial charge in [0.05, 0.1) is 0 Å². The fourth-order valence-corrected chi connectivity index (χ4v) is 3.32. The van der Waals surface area contributed by atoms with Gasteiger partial charge in [0.15, 0.2) is 0 Å². The summed E-state index contributed by atoms with van der Waals surface area (Å²) in [6.07, 6.45) is 1.39. The number of hydrogen-bond donors (Lipinski definition) is 1. The summed E-state index contributed by atoms with van der Waals surface area (Å²) in [5.74, 6) is 3.59. The normalized spacial score (nSPS) is 36.7. The summed E-state index contributed by atoms with van der Waals surface area (Å²) >= 11 is 2.11. The average molecular weight is 200 g/mol. The van der Waals surface area contributed by atoms with E-state index >= 15 is 0 Å². The molecule has 2 atom stereocenters. The highest BCUT2D eigenvalue weighted by molar-refractivity contribution is 7.99. The minimum Gasteiger partial charge on any atom is -0.316 e. The highest BCUT2D eigenvalue weighted by Crippen LogP contribution is 2.19. The van der Waals surface area contributed by atoms with Crippen LogP contribution in [0.25, 0.3) is 0 Å². The Hall–Kier alpha value is 0.270. The Balaban J connectivity index is 1.78. The van der Waals surface area contributed by atoms with Crippen LogP contribution in [0.2, 0.25) is 0 Å². The van der Waals surface area contributed by atoms with Gasteiger partial charge < -0.3 is 5.32 Å². The Morgan fingerprint density at radius 3 is 3.15 bits per heavy atom. The minimum absolute atomic E-state index is 0.805. The lowest BCUT2D eigenvalue weighted by Crippen LogP contribution is -2.43. The van der Waals surface area contributed by atoms with Crippen molar-refractivity contribution in [3.63, 3.8) is 0 Å². The lowest BCUT2D eigenvalue weighted by Gasteiger charge is -2.34. The van der Waals surface area contributed by atoms with Gasteiger partial charge in [-0.3, -0.25) is 4.90 Å². The van der Waals surface area contributed by atoms with Gasteiger partial charge in [0, 0.05) is 30.6 Å². The number of hydrogen-bond acceptors (Lipinski definition) is 3. The average Bonchev–Trinajstić information content (AvgIpc) is 2.61. The van der Waals surface area contributed by atoms with Crippen molar-refractivity contribution in [2.75, 3.05) is 37.7 Å². The maximum atomic E-state index is 3.44. The van der Waals surface area contributed by atoms with Gasteiger partial charge in [-0.15, -0.1) is 0 Å². The molecule has 2 saturated heterocycles. The molecule has 13 heavy (non-hydrogen) atoms. The Morgan fingerprint density at radius 1 is 1.54 bits per heavy atom. The molecule has 0 aromatic heterocycles. The first kappa shape index (κ1) is 9.81. The van der Waals surface area contributed by atoms with E-state index in [9.17, 15) is 0 Å². The van der Waals surface area contributed by atoms with Gasteiger partial charge in [0.25, 0.3) is 0 Å². The first-order valence-corrected chi connectivity index (χ1v) is 6.54. The molecule has 1 N–H and O–H groups in total. The fraction of sp³-hybridized carbons (Fsp3) is 1.00. The third-order valence-corrected chi connectivity index (χ3v) is 4.35. The number of thioether (sulfide) groups is 1. The maximum absolute atomic E-state index is 3.44. The van der Waals surface area contributed by atoms with E-state index < -0.39 is 0 Å². The number of nitrogens with zero attached hydrogens (tertiary/aromatic N) is 1. The molecule has 2 unspecified atom stereocenters. The van der Waals surface area contributed by atoms with Gasteiger partial charge in [-0.2, -0.15) is 11.8 Å². The Labute approximate surface area is 85.4 Å². The van der Waals surface area contributed by atoms with Crippen molar-refractivity contribution in [1.82, 2.24) is 10.2 Å². The van der Waals surface area contributed by atoms with Crippen molar-refractivity contribution in [1.29, 1.82) is 0 Å². The molecule has 0 aromatic rings. The summed E-state index contributed by atoms with van der Waals surface area (Å²) in [4.78, 5) is 2.67. The van der Waals surface area contributed by atoms with Crippen LogP contribution in [0.1, 0.15) is 13.3 Å². The number of rotatable bonds is 2. The minimum atomic E-state index is 0.805. The summed E-state index contributed by atoms with van der Waals surface area (Å²) in [5.41, 5.74) is 0. The van der Waals surface area contributed by atoms with Crippen LogP contribution in [0, 0.1) is 5.92 Å². The maximum Gasteiger partial charge on any atom is 0.0158 e. The second kappa shape index (κ2) is 4.67. The van der Waals surface area contributed by atoms with Gasteiger partial charge in [0.1, 0.15) is 0 Å². The highest BCUT2D eigenvalue weighted by Gasteiger charge is 2.23. The molecule has 76 valence electrons. The van der Waals surface area contributed by atoms with E-state index in [1.165, 1.54) is 44.1 Å². The smallest absolute Gasteiger partial charge is 0.0158 e. The molecule has 2 rings (SSSR count). The van der Waals surface area contributed by atoms with E-state index in [1.54, 1.807) is 0 Å². The zero-order valence-corrected chi connectivity index (χ0v) is 9.28. The summed E-state index contributed by atoms with van der Waals surface area (Å²) < 4.78 is 0. The molecule has 3 heteroatoms. The van der Waals surface area contributed by atoms with Gasteiger partial charge in [0.2, 0.25) is 0 Å². The molecule has 0 bridgehead atoms. The largest absolute Gasteiger partial charge is 0.316 e. The molecule has 2 fully saturated rings. The van der Waals surface area contributed by atoms with Crippen LogP contribution in [0.3, 0.4) is 0 Å². The molecule has 2 aliphatic rings. The lowest BCUT2D eigenvalue weighted by molar-refractivity contribution is 0.201. The Bertz CT molecular complexity index is 157. The highest BCUT2D eigenvalue weighted by atomic mass is 32.2. The Morgan fingerprint density at radius 2 is 2.46 bits per heavy atom. The van der Waals surface area contributed by atoms with E-state index in [0.29, 0.717) is 0 Å². The van der Waals surface area contributed by atoms with Crippen LogP contribution in [-0.4, -0.2) is 48.6 Å². The van der Waals surface area contributed by atoms with Gasteiger partial charge >= 0.3 is 0 Å². The molecule has 0 aromatic carbocycles. The molecular formula is C10H20N2S. The van der Waals surface area contributed by atoms with Crippen LogP contribution in [-0.2, 0) is 0 Å². The second-order valence-corrected chi connectivity index (χ2v) is 5.43. The lowest BCUT2D eigenvalue weighted by atomic mass is 10.1. The molecule has 0 aliphatic carbocycles. The van der Waals surface area contributed by atoms with E-state index in [1.807, 2.05) is 0 Å². The summed E-state index contributed by atoms with van der Waals surface area (Å²) in [6, 6.07) is 0.805. The van der Waals surface area contributed by atoms with Crippen LogP contribution >= 0.6 is 11.8 Å². The van der Waals surface area contributed by atoms with Crippen LogP contribution < -0.4 is 5.32 Å². The molecule has 0 saturated carbocycles. The number of nitrogens with one attached hydrogen (secondary N) is 1. The van der Waals surface area contributed by atoms with Crippen molar-refractivity contribution in [3.8, 4) is 0 Å². The standard InChI is InChI=1S/C10H20N2S/c1-9-8-13-5-4-12(9)7-10-2-3-11-6-10/h9-11H,2-8H2,1H3. The van der Waals surface area contributed by atoms with E-state index in [0.717, 1.165) is 12.0 Å². The monoisotopic (exact) mass is 200 g/mol. The zero-order chi connectivity index (χ0) is 9.10. The second-order valence-electron chi connectivity index (χ2n) is 4.28. The third kappa shape index (κ3) is 2.61. The molecule has 2 aliphatic heterocycles. The van der Waals surface area contributed by atoms with Crippen molar-refractivity contribution >= 4 is 11.8 Å². The fourth-order valence-electron chi connectivity index (χ4n) is 2.23. The summed E-state index contributed by atoms with van der Waals surface area (Å²) in [5, 5.41) is 3.44. The summed E-state index contributed by atoms with van der Waals surface area (Å²) in [6.45, 7) is 7.49. The van der Waals surface area contributed by atoms with Crippen molar-refractivity contribution in [2.45, 2.75) is 19.4 Å². The molecule has 2 nitrogen and oxygen atoms in total. The topological polar surface area (TPSA) is 15.3 Å². The predicted octanol–water partition coefficient (Wildman–Crippen LogP) is 1.03. The van der Waals surface area contributed by atoms with Crippen molar-refractivity contribution in [3.05, 3.63) is 0 Å². The van der Waals surface area contributed by atoms with E-state index in [-0.39, 0.29) is 0 Å². The zero-order valence-electron chi connectivity index (χ0n) is 8.46. The van der Waals surface area contributed by atoms with E-state index in [4.69, 9.17) is 0 Å². The SMILES string of the molecule is CC1CSCCN1CC1CCNC1. The van der Waals surface area contributed by atoms with Gasteiger partial charge in [-0.05, 0) is 32.4 Å². The first-order valence-electron chi connectivity index (χ1n) is 5.39. The predicted molar refractivity (Wildman–Crippen MR) is 59.3 cm³/mol. The molecule has 0 amide bonds. The van der Waals surface area contributed by atoms with Crippen molar-refractivity contribution in [2.24, 2.45) is 5.92 Å². The Kier molecular flexibility index (Phi) is 3.52. The van der Waals surface area contributed by atoms with Crippen molar-refractivity contribution < 1.29 is 0 Å². The van der Waals surface area contributed by atoms with Gasteiger partial charge in [-0.25, -0.2) is 0 Å². The first-order chi connectivity index (χ1) is 6.36. The molecular weight excluding hydrogens is 180 g/mol. The van der Waals surface area contributed by atoms with Crippen LogP contribution in [0.5, 0.6) is 0 Å². The molecule has 2 heterocycles. The molecule has 0 radical (unpaired) electrons. The molecule has 0 spiro atoms.